The molecular formula is C67H129NO5. The van der Waals surface area contributed by atoms with Crippen molar-refractivity contribution in [3.63, 3.8) is 0 Å². The second-order valence-corrected chi connectivity index (χ2v) is 22.8. The zero-order valence-electron chi connectivity index (χ0n) is 49.4. The molecule has 0 aromatic carbocycles. The molecule has 3 N–H and O–H groups in total. The predicted octanol–water partition coefficient (Wildman–Crippen LogP) is 21.0. The Labute approximate surface area is 456 Å². The fourth-order valence-corrected chi connectivity index (χ4v) is 10.4. The first-order valence-corrected chi connectivity index (χ1v) is 33.1. The molecule has 0 heterocycles. The van der Waals surface area contributed by atoms with Crippen LogP contribution in [-0.2, 0) is 14.3 Å². The molecule has 6 nitrogen and oxygen atoms in total. The van der Waals surface area contributed by atoms with E-state index in [1.54, 1.807) is 0 Å². The number of aliphatic hydroxyl groups is 2. The third-order valence-electron chi connectivity index (χ3n) is 15.5. The summed E-state index contributed by atoms with van der Waals surface area (Å²) >= 11 is 0. The lowest BCUT2D eigenvalue weighted by Gasteiger charge is -2.22. The van der Waals surface area contributed by atoms with Crippen molar-refractivity contribution in [1.29, 1.82) is 0 Å². The Morgan fingerprint density at radius 3 is 0.973 bits per heavy atom. The number of unbranched alkanes of at least 4 members (excludes halogenated alkanes) is 47. The Hall–Kier alpha value is -1.66. The SMILES string of the molecule is CCCCCCC/C=C\CCCCCCCC(=O)OCCCCCCCCCC/C=C\CCCCCCCCCC(=O)NC(CO)C(O)CCCCCCCCCCCCCCCCCCCCCCCCC. The van der Waals surface area contributed by atoms with Gasteiger partial charge in [-0.1, -0.05) is 301 Å². The van der Waals surface area contributed by atoms with Gasteiger partial charge >= 0.3 is 5.97 Å². The summed E-state index contributed by atoms with van der Waals surface area (Å²) < 4.78 is 5.47. The Balaban J connectivity index is 3.44. The summed E-state index contributed by atoms with van der Waals surface area (Å²) in [5, 5.41) is 23.4. The number of allylic oxidation sites excluding steroid dienone is 4. The van der Waals surface area contributed by atoms with E-state index in [0.29, 0.717) is 25.9 Å². The van der Waals surface area contributed by atoms with Crippen molar-refractivity contribution >= 4 is 11.9 Å². The molecule has 1 amide bonds. The molecule has 0 fully saturated rings. The van der Waals surface area contributed by atoms with E-state index in [-0.39, 0.29) is 18.5 Å². The molecule has 0 radical (unpaired) electrons. The molecule has 6 heteroatoms. The molecule has 0 bridgehead atoms. The maximum atomic E-state index is 12.5. The normalized spacial score (nSPS) is 12.7. The highest BCUT2D eigenvalue weighted by Crippen LogP contribution is 2.18. The number of nitrogens with one attached hydrogen (secondary N) is 1. The molecule has 0 spiro atoms. The quantitative estimate of drug-likeness (QED) is 0.0320. The lowest BCUT2D eigenvalue weighted by molar-refractivity contribution is -0.143. The summed E-state index contributed by atoms with van der Waals surface area (Å²) in [5.74, 6) is -0.0446. The fraction of sp³-hybridized carbons (Fsp3) is 0.910. The predicted molar refractivity (Wildman–Crippen MR) is 320 cm³/mol. The maximum Gasteiger partial charge on any atom is 0.305 e. The number of hydrogen-bond donors (Lipinski definition) is 3. The highest BCUT2D eigenvalue weighted by molar-refractivity contribution is 5.76. The van der Waals surface area contributed by atoms with Gasteiger partial charge in [-0.15, -0.1) is 0 Å². The van der Waals surface area contributed by atoms with Crippen LogP contribution >= 0.6 is 0 Å². The molecule has 0 saturated heterocycles. The van der Waals surface area contributed by atoms with Crippen molar-refractivity contribution in [2.45, 2.75) is 379 Å². The average Bonchev–Trinajstić information content (AvgIpc) is 3.39. The Kier molecular flexibility index (Phi) is 61.4. The number of ether oxygens (including phenoxy) is 1. The average molecular weight is 1030 g/mol. The molecule has 0 aromatic rings. The maximum absolute atomic E-state index is 12.5. The fourth-order valence-electron chi connectivity index (χ4n) is 10.4. The van der Waals surface area contributed by atoms with Crippen LogP contribution < -0.4 is 5.32 Å². The number of esters is 1. The highest BCUT2D eigenvalue weighted by atomic mass is 16.5. The van der Waals surface area contributed by atoms with Crippen LogP contribution in [-0.4, -0.2) is 47.4 Å². The van der Waals surface area contributed by atoms with Crippen molar-refractivity contribution in [2.24, 2.45) is 0 Å². The molecule has 0 rings (SSSR count). The lowest BCUT2D eigenvalue weighted by atomic mass is 10.0. The lowest BCUT2D eigenvalue weighted by Crippen LogP contribution is -2.45. The van der Waals surface area contributed by atoms with Crippen LogP contribution in [0.5, 0.6) is 0 Å². The minimum atomic E-state index is -0.672. The Morgan fingerprint density at radius 2 is 0.644 bits per heavy atom. The zero-order chi connectivity index (χ0) is 52.9. The smallest absolute Gasteiger partial charge is 0.305 e. The van der Waals surface area contributed by atoms with Gasteiger partial charge < -0.3 is 20.3 Å². The van der Waals surface area contributed by atoms with Crippen molar-refractivity contribution in [3.05, 3.63) is 24.3 Å². The van der Waals surface area contributed by atoms with Gasteiger partial charge in [0.05, 0.1) is 25.4 Å². The Bertz CT molecular complexity index is 1140. The van der Waals surface area contributed by atoms with Crippen LogP contribution in [0.4, 0.5) is 0 Å². The minimum Gasteiger partial charge on any atom is -0.466 e. The Morgan fingerprint density at radius 1 is 0.370 bits per heavy atom. The summed E-state index contributed by atoms with van der Waals surface area (Å²) in [6, 6.07) is -0.550. The summed E-state index contributed by atoms with van der Waals surface area (Å²) in [6.07, 6.45) is 77.7. The summed E-state index contributed by atoms with van der Waals surface area (Å²) in [4.78, 5) is 24.6. The molecule has 0 saturated carbocycles. The van der Waals surface area contributed by atoms with Gasteiger partial charge in [0.25, 0.3) is 0 Å². The second kappa shape index (κ2) is 62.9. The van der Waals surface area contributed by atoms with E-state index in [1.807, 2.05) is 0 Å². The topological polar surface area (TPSA) is 95.9 Å². The van der Waals surface area contributed by atoms with E-state index in [4.69, 9.17) is 4.74 Å². The van der Waals surface area contributed by atoms with E-state index in [9.17, 15) is 19.8 Å². The van der Waals surface area contributed by atoms with Gasteiger partial charge in [-0.25, -0.2) is 0 Å². The first-order valence-electron chi connectivity index (χ1n) is 33.1. The first kappa shape index (κ1) is 71.3. The van der Waals surface area contributed by atoms with Crippen molar-refractivity contribution in [1.82, 2.24) is 5.32 Å². The number of carbonyl (C=O) groups is 2. The molecule has 73 heavy (non-hydrogen) atoms. The number of amides is 1. The molecule has 0 aliphatic carbocycles. The molecule has 0 aliphatic heterocycles. The van der Waals surface area contributed by atoms with Crippen LogP contribution in [0, 0.1) is 0 Å². The van der Waals surface area contributed by atoms with Crippen LogP contribution in [0.25, 0.3) is 0 Å². The van der Waals surface area contributed by atoms with Gasteiger partial charge in [-0.2, -0.15) is 0 Å². The van der Waals surface area contributed by atoms with Gasteiger partial charge in [0.2, 0.25) is 5.91 Å². The van der Waals surface area contributed by atoms with Crippen molar-refractivity contribution in [2.75, 3.05) is 13.2 Å². The first-order chi connectivity index (χ1) is 36.0. The minimum absolute atomic E-state index is 0.00376. The van der Waals surface area contributed by atoms with Crippen molar-refractivity contribution in [3.8, 4) is 0 Å². The third kappa shape index (κ3) is 59.4. The molecule has 2 unspecified atom stereocenters. The molecule has 0 aromatic heterocycles. The highest BCUT2D eigenvalue weighted by Gasteiger charge is 2.20. The number of hydrogen-bond acceptors (Lipinski definition) is 5. The zero-order valence-corrected chi connectivity index (χ0v) is 49.4. The molecule has 0 aliphatic rings. The van der Waals surface area contributed by atoms with E-state index in [1.165, 1.54) is 289 Å². The monoisotopic (exact) mass is 1030 g/mol. The van der Waals surface area contributed by atoms with Crippen LogP contribution in [0.15, 0.2) is 24.3 Å². The van der Waals surface area contributed by atoms with Gasteiger partial charge in [-0.05, 0) is 77.0 Å². The van der Waals surface area contributed by atoms with Gasteiger partial charge in [-0.3, -0.25) is 9.59 Å². The third-order valence-corrected chi connectivity index (χ3v) is 15.5. The summed E-state index contributed by atoms with van der Waals surface area (Å²) in [7, 11) is 0. The van der Waals surface area contributed by atoms with Crippen molar-refractivity contribution < 1.29 is 24.5 Å². The van der Waals surface area contributed by atoms with E-state index in [0.717, 1.165) is 44.9 Å². The molecular weight excluding hydrogens is 899 g/mol. The van der Waals surface area contributed by atoms with Gasteiger partial charge in [0, 0.05) is 12.8 Å². The standard InChI is InChI=1S/C67H129NO5/c1-3-5-7-9-11-13-15-17-19-20-21-22-23-24-26-29-32-35-39-43-47-51-55-59-65(70)64(63-69)68-66(71)60-56-52-48-44-40-36-33-30-27-25-28-31-34-38-42-46-50-54-58-62-73-67(72)61-57-53-49-45-41-37-18-16-14-12-10-8-6-4-2/h16,18,25,27,64-65,69-70H,3-15,17,19-24,26,28-63H2,1-2H3,(H,68,71)/b18-16-,27-25-. The van der Waals surface area contributed by atoms with Crippen LogP contribution in [0.3, 0.4) is 0 Å². The summed E-state index contributed by atoms with van der Waals surface area (Å²) in [5.41, 5.74) is 0. The van der Waals surface area contributed by atoms with Crippen LogP contribution in [0.2, 0.25) is 0 Å². The number of aliphatic hydroxyl groups excluding tert-OH is 2. The van der Waals surface area contributed by atoms with E-state index in [2.05, 4.69) is 43.5 Å². The second-order valence-electron chi connectivity index (χ2n) is 22.8. The van der Waals surface area contributed by atoms with E-state index >= 15 is 0 Å². The van der Waals surface area contributed by atoms with Gasteiger partial charge in [0.15, 0.2) is 0 Å². The largest absolute Gasteiger partial charge is 0.466 e. The number of rotatable bonds is 62. The van der Waals surface area contributed by atoms with Gasteiger partial charge in [0.1, 0.15) is 0 Å². The number of carbonyl (C=O) groups excluding carboxylic acids is 2. The van der Waals surface area contributed by atoms with E-state index < -0.39 is 12.1 Å². The summed E-state index contributed by atoms with van der Waals surface area (Å²) in [6.45, 7) is 4.96. The van der Waals surface area contributed by atoms with Crippen LogP contribution in [0.1, 0.15) is 367 Å². The molecule has 432 valence electrons. The molecule has 2 atom stereocenters.